The first-order chi connectivity index (χ1) is 5.83. The molecule has 12 heavy (non-hydrogen) atoms. The third-order valence-electron chi connectivity index (χ3n) is 2.09. The Morgan fingerprint density at radius 2 is 2.00 bits per heavy atom. The maximum atomic E-state index is 11.0. The van der Waals surface area contributed by atoms with Gasteiger partial charge in [-0.25, -0.2) is 0 Å². The molecule has 70 valence electrons. The number of carbonyl (C=O) groups is 1. The van der Waals surface area contributed by atoms with Crippen molar-refractivity contribution in [2.45, 2.75) is 38.1 Å². The molecule has 0 heterocycles. The first kappa shape index (κ1) is 9.83. The monoisotopic (exact) mass is 237 g/mol. The van der Waals surface area contributed by atoms with Crippen molar-refractivity contribution in [3.8, 4) is 0 Å². The summed E-state index contributed by atoms with van der Waals surface area (Å²) < 4.78 is 7.81. The Morgan fingerprint density at radius 3 is 2.58 bits per heavy atom. The number of amides is 2. The molecule has 1 aliphatic rings. The molecular weight excluding hydrogens is 221 g/mol. The second kappa shape index (κ2) is 5.40. The van der Waals surface area contributed by atoms with E-state index in [1.54, 1.807) is 0 Å². The van der Waals surface area contributed by atoms with Gasteiger partial charge >= 0.3 is 78.8 Å². The average molecular weight is 236 g/mol. The fourth-order valence-electron chi connectivity index (χ4n) is 1.52. The van der Waals surface area contributed by atoms with Crippen LogP contribution in [0.15, 0.2) is 0 Å². The van der Waals surface area contributed by atoms with E-state index in [4.69, 9.17) is 4.75 Å². The summed E-state index contributed by atoms with van der Waals surface area (Å²) in [4.78, 5) is 11.0. The minimum absolute atomic E-state index is 0.107. The topological polar surface area (TPSA) is 67.1 Å². The zero-order valence-electron chi connectivity index (χ0n) is 7.01. The number of hydrogen-bond acceptors (Lipinski definition) is 2. The molecule has 0 unspecified atom stereocenters. The number of nitrogens with two attached hydrogens (primary N) is 1. The Morgan fingerprint density at radius 1 is 1.33 bits per heavy atom. The van der Waals surface area contributed by atoms with Crippen LogP contribution < -0.4 is 14.4 Å². The molecule has 1 saturated carbocycles. The summed E-state index contributed by atoms with van der Waals surface area (Å²) in [5.41, 5.74) is 0. The average Bonchev–Trinajstić information content (AvgIpc) is 2.06. The summed E-state index contributed by atoms with van der Waals surface area (Å²) in [5, 5.41) is 2.91. The first-order valence-electron chi connectivity index (χ1n) is 4.25. The molecule has 5 heteroatoms. The molecule has 0 saturated heterocycles. The van der Waals surface area contributed by atoms with Gasteiger partial charge in [0.1, 0.15) is 0 Å². The van der Waals surface area contributed by atoms with E-state index in [0.717, 1.165) is 12.8 Å². The normalized spacial score (nSPS) is 18.8. The van der Waals surface area contributed by atoms with Crippen molar-refractivity contribution >= 4 is 21.4 Å². The second-order valence-corrected chi connectivity index (χ2v) is 3.95. The van der Waals surface area contributed by atoms with Crippen molar-refractivity contribution < 1.29 is 4.79 Å². The third-order valence-corrected chi connectivity index (χ3v) is 2.73. The van der Waals surface area contributed by atoms with Gasteiger partial charge in [0.25, 0.3) is 0 Å². The van der Waals surface area contributed by atoms with E-state index < -0.39 is 0 Å². The molecule has 4 N–H and O–H groups in total. The van der Waals surface area contributed by atoms with E-state index in [2.05, 4.69) is 9.65 Å². The van der Waals surface area contributed by atoms with Gasteiger partial charge in [-0.15, -0.1) is 0 Å². The number of nitrogens with one attached hydrogen (secondary N) is 2. The van der Waals surface area contributed by atoms with E-state index in [1.165, 1.54) is 19.3 Å². The van der Waals surface area contributed by atoms with Crippen LogP contribution in [-0.2, 0) is 0 Å². The van der Waals surface area contributed by atoms with Crippen LogP contribution in [0.25, 0.3) is 0 Å². The molecule has 0 aromatic rings. The fraction of sp³-hybridized carbons (Fsp3) is 0.857. The zero-order chi connectivity index (χ0) is 8.81. The maximum absolute atomic E-state index is 11.0. The molecule has 1 aliphatic carbocycles. The summed E-state index contributed by atoms with van der Waals surface area (Å²) in [6, 6.07) is 0.269. The van der Waals surface area contributed by atoms with Crippen LogP contribution in [0.1, 0.15) is 32.1 Å². The molecule has 0 aromatic heterocycles. The van der Waals surface area contributed by atoms with Gasteiger partial charge in [-0.05, 0) is 0 Å². The summed E-state index contributed by atoms with van der Waals surface area (Å²) >= 11 is -0.265. The summed E-state index contributed by atoms with van der Waals surface area (Å²) in [7, 11) is 0. The summed E-state index contributed by atoms with van der Waals surface area (Å²) in [6.45, 7) is 0. The molecule has 0 atom stereocenters. The molecule has 0 bridgehead atoms. The summed E-state index contributed by atoms with van der Waals surface area (Å²) in [5.74, 6) is 0. The predicted octanol–water partition coefficient (Wildman–Crippen LogP) is 0.111. The standard InChI is InChI=1S/C7H15N3OSe/c8-12-10-7(11)9-6-4-2-1-3-5-6/h6H,1-5,8H2,(H2,9,10,11). The molecular formula is C7H15N3OSe. The van der Waals surface area contributed by atoms with Gasteiger partial charge in [-0.2, -0.15) is 0 Å². The molecule has 2 amide bonds. The molecule has 0 radical (unpaired) electrons. The van der Waals surface area contributed by atoms with Gasteiger partial charge in [0.15, 0.2) is 0 Å². The Hall–Kier alpha value is -0.251. The Bertz CT molecular complexity index is 148. The first-order valence-corrected chi connectivity index (χ1v) is 6.09. The van der Waals surface area contributed by atoms with E-state index in [1.807, 2.05) is 0 Å². The third kappa shape index (κ3) is 3.43. The molecule has 4 nitrogen and oxygen atoms in total. The number of hydrogen-bond donors (Lipinski definition) is 3. The molecule has 0 aliphatic heterocycles. The summed E-state index contributed by atoms with van der Waals surface area (Å²) in [6.07, 6.45) is 6.01. The molecule has 1 fully saturated rings. The van der Waals surface area contributed by atoms with Crippen LogP contribution in [0, 0.1) is 0 Å². The van der Waals surface area contributed by atoms with Crippen LogP contribution in [0.5, 0.6) is 0 Å². The quantitative estimate of drug-likeness (QED) is 0.596. The Labute approximate surface area is 79.2 Å². The second-order valence-electron chi connectivity index (χ2n) is 3.03. The fourth-order valence-corrected chi connectivity index (χ4v) is 1.86. The van der Waals surface area contributed by atoms with Crippen molar-refractivity contribution in [3.63, 3.8) is 0 Å². The van der Waals surface area contributed by atoms with Gasteiger partial charge in [0.05, 0.1) is 0 Å². The van der Waals surface area contributed by atoms with Crippen LogP contribution in [0.3, 0.4) is 0 Å². The van der Waals surface area contributed by atoms with E-state index >= 15 is 0 Å². The minimum atomic E-state index is -0.265. The Kier molecular flexibility index (Phi) is 4.43. The van der Waals surface area contributed by atoms with Gasteiger partial charge in [0, 0.05) is 0 Å². The van der Waals surface area contributed by atoms with Gasteiger partial charge < -0.3 is 0 Å². The van der Waals surface area contributed by atoms with Gasteiger partial charge in [-0.1, -0.05) is 0 Å². The Balaban J connectivity index is 2.15. The van der Waals surface area contributed by atoms with E-state index in [0.29, 0.717) is 6.04 Å². The van der Waals surface area contributed by atoms with Gasteiger partial charge in [-0.3, -0.25) is 0 Å². The predicted molar refractivity (Wildman–Crippen MR) is 48.5 cm³/mol. The molecule has 0 spiro atoms. The van der Waals surface area contributed by atoms with Crippen LogP contribution in [0.2, 0.25) is 0 Å². The van der Waals surface area contributed by atoms with Crippen molar-refractivity contribution in [2.75, 3.05) is 0 Å². The van der Waals surface area contributed by atoms with E-state index in [-0.39, 0.29) is 21.4 Å². The SMILES string of the molecule is N[Se]NC(=O)NC1CCCCC1. The van der Waals surface area contributed by atoms with Crippen molar-refractivity contribution in [1.82, 2.24) is 9.65 Å². The van der Waals surface area contributed by atoms with Crippen LogP contribution in [0.4, 0.5) is 4.79 Å². The molecule has 0 aromatic carbocycles. The van der Waals surface area contributed by atoms with Crippen molar-refractivity contribution in [2.24, 2.45) is 4.75 Å². The van der Waals surface area contributed by atoms with Crippen LogP contribution in [-0.4, -0.2) is 27.5 Å². The van der Waals surface area contributed by atoms with Crippen molar-refractivity contribution in [3.05, 3.63) is 0 Å². The van der Waals surface area contributed by atoms with Crippen molar-refractivity contribution in [1.29, 1.82) is 0 Å². The van der Waals surface area contributed by atoms with E-state index in [9.17, 15) is 4.79 Å². The number of carbonyl (C=O) groups excluding carboxylic acids is 1. The molecule has 1 rings (SSSR count). The van der Waals surface area contributed by atoms with Crippen LogP contribution >= 0.6 is 0 Å². The number of urea groups is 1. The number of rotatable bonds is 2. The zero-order valence-corrected chi connectivity index (χ0v) is 8.72. The van der Waals surface area contributed by atoms with Gasteiger partial charge in [0.2, 0.25) is 0 Å².